The average molecular weight is 306 g/mol. The molecule has 1 aliphatic carbocycles. The van der Waals surface area contributed by atoms with Crippen LogP contribution in [0.1, 0.15) is 17.7 Å². The Morgan fingerprint density at radius 1 is 1.00 bits per heavy atom. The van der Waals surface area contributed by atoms with Gasteiger partial charge in [-0.2, -0.15) is 0 Å². The van der Waals surface area contributed by atoms with Crippen molar-refractivity contribution in [2.75, 3.05) is 5.32 Å². The lowest BCUT2D eigenvalue weighted by atomic mass is 10.2. The van der Waals surface area contributed by atoms with Crippen LogP contribution in [0.4, 0.5) is 15.9 Å². The molecule has 2 heterocycles. The molecule has 4 rings (SSSR count). The first-order valence-corrected chi connectivity index (χ1v) is 7.62. The van der Waals surface area contributed by atoms with E-state index in [4.69, 9.17) is 4.98 Å². The highest BCUT2D eigenvalue weighted by atomic mass is 19.1. The van der Waals surface area contributed by atoms with E-state index >= 15 is 0 Å². The highest BCUT2D eigenvalue weighted by Crippen LogP contribution is 2.30. The van der Waals surface area contributed by atoms with Gasteiger partial charge in [0, 0.05) is 34.9 Å². The molecule has 0 amide bonds. The summed E-state index contributed by atoms with van der Waals surface area (Å²) >= 11 is 0. The number of nitrogens with one attached hydrogen (secondary N) is 1. The molecular formula is C18H15FN4. The van der Waals surface area contributed by atoms with Gasteiger partial charge in [-0.05, 0) is 49.6 Å². The Morgan fingerprint density at radius 2 is 1.87 bits per heavy atom. The Labute approximate surface area is 133 Å². The molecule has 0 atom stereocenters. The van der Waals surface area contributed by atoms with E-state index in [9.17, 15) is 4.39 Å². The molecule has 5 heteroatoms. The van der Waals surface area contributed by atoms with E-state index in [-0.39, 0.29) is 5.82 Å². The van der Waals surface area contributed by atoms with Gasteiger partial charge in [0.1, 0.15) is 11.6 Å². The Bertz CT molecular complexity index is 849. The van der Waals surface area contributed by atoms with Crippen LogP contribution in [0, 0.1) is 5.82 Å². The maximum atomic E-state index is 13.4. The number of pyridine rings is 1. The lowest BCUT2D eigenvalue weighted by Gasteiger charge is -2.12. The van der Waals surface area contributed by atoms with Gasteiger partial charge >= 0.3 is 0 Å². The van der Waals surface area contributed by atoms with E-state index < -0.39 is 0 Å². The minimum atomic E-state index is -0.268. The molecule has 23 heavy (non-hydrogen) atoms. The first-order valence-electron chi connectivity index (χ1n) is 7.62. The summed E-state index contributed by atoms with van der Waals surface area (Å²) in [6.45, 7) is 0. The van der Waals surface area contributed by atoms with Crippen molar-refractivity contribution in [2.24, 2.45) is 0 Å². The number of anilines is 2. The van der Waals surface area contributed by atoms with Gasteiger partial charge < -0.3 is 5.32 Å². The monoisotopic (exact) mass is 306 g/mol. The van der Waals surface area contributed by atoms with Crippen LogP contribution in [0.3, 0.4) is 0 Å². The number of aromatic nitrogens is 3. The van der Waals surface area contributed by atoms with Crippen LogP contribution in [0.25, 0.3) is 11.4 Å². The molecule has 0 saturated heterocycles. The maximum absolute atomic E-state index is 13.4. The number of hydrogen-bond acceptors (Lipinski definition) is 4. The van der Waals surface area contributed by atoms with Gasteiger partial charge in [0.2, 0.25) is 0 Å². The molecule has 3 aromatic rings. The summed E-state index contributed by atoms with van der Waals surface area (Å²) in [4.78, 5) is 13.4. The van der Waals surface area contributed by atoms with Gasteiger partial charge in [-0.15, -0.1) is 0 Å². The van der Waals surface area contributed by atoms with Crippen molar-refractivity contribution in [1.29, 1.82) is 0 Å². The number of rotatable bonds is 3. The SMILES string of the molecule is Fc1cccc(Nc2nc(-c3ccncc3)nc3c2CCC3)c1. The maximum Gasteiger partial charge on any atom is 0.161 e. The molecule has 0 spiro atoms. The number of hydrogen-bond donors (Lipinski definition) is 1. The van der Waals surface area contributed by atoms with E-state index in [0.29, 0.717) is 11.5 Å². The number of aryl methyl sites for hydroxylation is 1. The smallest absolute Gasteiger partial charge is 0.161 e. The molecule has 114 valence electrons. The molecule has 1 aromatic carbocycles. The van der Waals surface area contributed by atoms with Gasteiger partial charge in [-0.3, -0.25) is 4.98 Å². The van der Waals surface area contributed by atoms with Gasteiger partial charge in [0.25, 0.3) is 0 Å². The first kappa shape index (κ1) is 13.8. The van der Waals surface area contributed by atoms with Crippen molar-refractivity contribution in [1.82, 2.24) is 15.0 Å². The standard InChI is InChI=1S/C18H15FN4/c19-13-3-1-4-14(11-13)21-18-15-5-2-6-16(15)22-17(23-18)12-7-9-20-10-8-12/h1,3-4,7-11H,2,5-6H2,(H,21,22,23). The summed E-state index contributed by atoms with van der Waals surface area (Å²) in [7, 11) is 0. The second kappa shape index (κ2) is 5.76. The largest absolute Gasteiger partial charge is 0.340 e. The van der Waals surface area contributed by atoms with Crippen LogP contribution in [0.15, 0.2) is 48.8 Å². The summed E-state index contributed by atoms with van der Waals surface area (Å²) in [5.74, 6) is 1.17. The molecule has 0 unspecified atom stereocenters. The zero-order valence-corrected chi connectivity index (χ0v) is 12.5. The second-order valence-electron chi connectivity index (χ2n) is 5.55. The molecule has 0 fully saturated rings. The van der Waals surface area contributed by atoms with E-state index in [1.165, 1.54) is 12.1 Å². The molecule has 1 N–H and O–H groups in total. The van der Waals surface area contributed by atoms with Gasteiger partial charge in [0.15, 0.2) is 5.82 Å². The average Bonchev–Trinajstić information content (AvgIpc) is 3.04. The molecule has 1 aliphatic rings. The van der Waals surface area contributed by atoms with E-state index in [1.807, 2.05) is 18.2 Å². The lowest BCUT2D eigenvalue weighted by Crippen LogP contribution is -2.04. The normalized spacial score (nSPS) is 12.9. The fourth-order valence-corrected chi connectivity index (χ4v) is 2.87. The zero-order chi connectivity index (χ0) is 15.6. The molecule has 0 radical (unpaired) electrons. The molecule has 4 nitrogen and oxygen atoms in total. The predicted octanol–water partition coefficient (Wildman–Crippen LogP) is 3.91. The van der Waals surface area contributed by atoms with Crippen molar-refractivity contribution in [3.8, 4) is 11.4 Å². The van der Waals surface area contributed by atoms with Crippen LogP contribution >= 0.6 is 0 Å². The third kappa shape index (κ3) is 2.77. The molecule has 2 aromatic heterocycles. The van der Waals surface area contributed by atoms with Crippen LogP contribution in [0.2, 0.25) is 0 Å². The molecule has 0 saturated carbocycles. The Kier molecular flexibility index (Phi) is 3.46. The third-order valence-corrected chi connectivity index (χ3v) is 3.96. The van der Waals surface area contributed by atoms with E-state index in [2.05, 4.69) is 15.3 Å². The quantitative estimate of drug-likeness (QED) is 0.797. The van der Waals surface area contributed by atoms with Crippen LogP contribution in [0.5, 0.6) is 0 Å². The molecule has 0 aliphatic heterocycles. The summed E-state index contributed by atoms with van der Waals surface area (Å²) < 4.78 is 13.4. The summed E-state index contributed by atoms with van der Waals surface area (Å²) in [6.07, 6.45) is 6.43. The van der Waals surface area contributed by atoms with Crippen LogP contribution in [-0.2, 0) is 12.8 Å². The number of nitrogens with zero attached hydrogens (tertiary/aromatic N) is 3. The predicted molar refractivity (Wildman–Crippen MR) is 87.0 cm³/mol. The zero-order valence-electron chi connectivity index (χ0n) is 12.5. The third-order valence-electron chi connectivity index (χ3n) is 3.96. The van der Waals surface area contributed by atoms with Gasteiger partial charge in [-0.25, -0.2) is 14.4 Å². The Balaban J connectivity index is 1.78. The van der Waals surface area contributed by atoms with Crippen LogP contribution < -0.4 is 5.32 Å². The summed E-state index contributed by atoms with van der Waals surface area (Å²) in [5.41, 5.74) is 3.83. The van der Waals surface area contributed by atoms with Gasteiger partial charge in [0.05, 0.1) is 0 Å². The minimum Gasteiger partial charge on any atom is -0.340 e. The van der Waals surface area contributed by atoms with Crippen molar-refractivity contribution in [3.63, 3.8) is 0 Å². The first-order chi connectivity index (χ1) is 11.3. The number of halogens is 1. The highest BCUT2D eigenvalue weighted by Gasteiger charge is 2.20. The summed E-state index contributed by atoms with van der Waals surface area (Å²) in [6, 6.07) is 10.2. The van der Waals surface area contributed by atoms with E-state index in [0.717, 1.165) is 41.9 Å². The number of benzene rings is 1. The Morgan fingerprint density at radius 3 is 2.70 bits per heavy atom. The lowest BCUT2D eigenvalue weighted by molar-refractivity contribution is 0.628. The highest BCUT2D eigenvalue weighted by molar-refractivity contribution is 5.65. The van der Waals surface area contributed by atoms with Crippen molar-refractivity contribution in [3.05, 3.63) is 65.9 Å². The summed E-state index contributed by atoms with van der Waals surface area (Å²) in [5, 5.41) is 3.25. The fraction of sp³-hybridized carbons (Fsp3) is 0.167. The van der Waals surface area contributed by atoms with Crippen molar-refractivity contribution in [2.45, 2.75) is 19.3 Å². The van der Waals surface area contributed by atoms with E-state index in [1.54, 1.807) is 18.5 Å². The molecule has 0 bridgehead atoms. The second-order valence-corrected chi connectivity index (χ2v) is 5.55. The molecular weight excluding hydrogens is 291 g/mol. The number of fused-ring (bicyclic) bond motifs is 1. The minimum absolute atomic E-state index is 0.268. The van der Waals surface area contributed by atoms with Crippen molar-refractivity contribution < 1.29 is 4.39 Å². The van der Waals surface area contributed by atoms with Crippen molar-refractivity contribution >= 4 is 11.5 Å². The fourth-order valence-electron chi connectivity index (χ4n) is 2.87. The van der Waals surface area contributed by atoms with Crippen LogP contribution in [-0.4, -0.2) is 15.0 Å². The Hall–Kier alpha value is -2.82. The van der Waals surface area contributed by atoms with Gasteiger partial charge in [-0.1, -0.05) is 6.07 Å². The topological polar surface area (TPSA) is 50.7 Å².